The maximum absolute atomic E-state index is 11.4. The molecule has 2 saturated carbocycles. The molecule has 1 amide bonds. The Morgan fingerprint density at radius 3 is 2.67 bits per heavy atom. The van der Waals surface area contributed by atoms with Gasteiger partial charge in [-0.05, 0) is 38.0 Å². The monoisotopic (exact) mass is 252 g/mol. The van der Waals surface area contributed by atoms with Crippen LogP contribution < -0.4 is 10.6 Å². The van der Waals surface area contributed by atoms with Crippen LogP contribution in [0.4, 0.5) is 0 Å². The lowest BCUT2D eigenvalue weighted by molar-refractivity contribution is -0.120. The van der Waals surface area contributed by atoms with E-state index < -0.39 is 0 Å². The second-order valence-corrected chi connectivity index (χ2v) is 5.97. The molecule has 2 N–H and O–H groups in total. The minimum atomic E-state index is 0.177. The average Bonchev–Trinajstić information content (AvgIpc) is 2.39. The number of carbonyl (C=O) groups excluding carboxylic acids is 1. The number of nitrogens with one attached hydrogen (secondary N) is 2. The van der Waals surface area contributed by atoms with E-state index in [2.05, 4.69) is 10.6 Å². The number of amides is 1. The van der Waals surface area contributed by atoms with Crippen molar-refractivity contribution in [2.24, 2.45) is 11.8 Å². The van der Waals surface area contributed by atoms with Gasteiger partial charge in [-0.3, -0.25) is 4.79 Å². The molecule has 0 aromatic carbocycles. The van der Waals surface area contributed by atoms with Gasteiger partial charge in [0.25, 0.3) is 0 Å². The number of fused-ring (bicyclic) bond motifs is 1. The summed E-state index contributed by atoms with van der Waals surface area (Å²) in [5, 5.41) is 6.43. The van der Waals surface area contributed by atoms with E-state index in [0.717, 1.165) is 24.9 Å². The summed E-state index contributed by atoms with van der Waals surface area (Å²) in [6.45, 7) is 3.55. The molecule has 2 rings (SSSR count). The summed E-state index contributed by atoms with van der Waals surface area (Å²) in [4.78, 5) is 11.4. The van der Waals surface area contributed by atoms with Crippen LogP contribution in [0.3, 0.4) is 0 Å². The quantitative estimate of drug-likeness (QED) is 0.789. The highest BCUT2D eigenvalue weighted by Gasteiger charge is 2.31. The van der Waals surface area contributed by atoms with Gasteiger partial charge >= 0.3 is 0 Å². The van der Waals surface area contributed by atoms with E-state index in [1.807, 2.05) is 6.92 Å². The Labute approximate surface area is 111 Å². The Hall–Kier alpha value is -0.570. The van der Waals surface area contributed by atoms with Crippen LogP contribution >= 0.6 is 0 Å². The summed E-state index contributed by atoms with van der Waals surface area (Å²) in [6.07, 6.45) is 10.5. The molecule has 0 aromatic rings. The fourth-order valence-electron chi connectivity index (χ4n) is 3.73. The Kier molecular flexibility index (Phi) is 5.48. The number of hydrogen-bond donors (Lipinski definition) is 2. The van der Waals surface area contributed by atoms with Gasteiger partial charge in [-0.1, -0.05) is 25.7 Å². The van der Waals surface area contributed by atoms with Crippen LogP contribution in [0, 0.1) is 11.8 Å². The minimum absolute atomic E-state index is 0.177. The Balaban J connectivity index is 1.63. The predicted octanol–water partition coefficient (Wildman–Crippen LogP) is 2.46. The van der Waals surface area contributed by atoms with Crippen LogP contribution in [-0.2, 0) is 4.79 Å². The average molecular weight is 252 g/mol. The highest BCUT2D eigenvalue weighted by molar-refractivity contribution is 5.75. The van der Waals surface area contributed by atoms with Crippen LogP contribution in [0.2, 0.25) is 0 Å². The van der Waals surface area contributed by atoms with Gasteiger partial charge in [-0.25, -0.2) is 0 Å². The van der Waals surface area contributed by atoms with Crippen molar-refractivity contribution in [3.05, 3.63) is 0 Å². The lowest BCUT2D eigenvalue weighted by Gasteiger charge is -2.39. The fraction of sp³-hybridized carbons (Fsp3) is 0.933. The number of rotatable bonds is 5. The normalized spacial score (nSPS) is 31.7. The van der Waals surface area contributed by atoms with Crippen LogP contribution in [-0.4, -0.2) is 25.0 Å². The Bertz CT molecular complexity index is 267. The van der Waals surface area contributed by atoms with Crippen molar-refractivity contribution in [1.82, 2.24) is 10.6 Å². The van der Waals surface area contributed by atoms with Gasteiger partial charge in [0.1, 0.15) is 0 Å². The van der Waals surface area contributed by atoms with Gasteiger partial charge in [0.05, 0.1) is 0 Å². The van der Waals surface area contributed by atoms with Crippen LogP contribution in [0.1, 0.15) is 58.3 Å². The van der Waals surface area contributed by atoms with Crippen molar-refractivity contribution in [3.8, 4) is 0 Å². The van der Waals surface area contributed by atoms with Gasteiger partial charge in [-0.2, -0.15) is 0 Å². The zero-order valence-corrected chi connectivity index (χ0v) is 11.7. The topological polar surface area (TPSA) is 41.1 Å². The van der Waals surface area contributed by atoms with E-state index in [1.54, 1.807) is 0 Å². The summed E-state index contributed by atoms with van der Waals surface area (Å²) in [5.41, 5.74) is 0. The van der Waals surface area contributed by atoms with E-state index in [1.165, 1.54) is 44.9 Å². The summed E-state index contributed by atoms with van der Waals surface area (Å²) >= 11 is 0. The molecule has 0 radical (unpaired) electrons. The minimum Gasteiger partial charge on any atom is -0.356 e. The molecule has 2 aliphatic rings. The summed E-state index contributed by atoms with van der Waals surface area (Å²) < 4.78 is 0. The first kappa shape index (κ1) is 13.9. The highest BCUT2D eigenvalue weighted by Crippen LogP contribution is 2.40. The molecule has 3 atom stereocenters. The molecule has 0 bridgehead atoms. The Morgan fingerprint density at radius 1 is 1.11 bits per heavy atom. The van der Waals surface area contributed by atoms with Gasteiger partial charge in [0.2, 0.25) is 5.91 Å². The summed E-state index contributed by atoms with van der Waals surface area (Å²) in [5.74, 6) is 2.16. The molecule has 3 unspecified atom stereocenters. The molecule has 0 saturated heterocycles. The van der Waals surface area contributed by atoms with Crippen LogP contribution in [0.25, 0.3) is 0 Å². The summed E-state index contributed by atoms with van der Waals surface area (Å²) in [6, 6.07) is 0.666. The molecule has 3 nitrogen and oxygen atoms in total. The van der Waals surface area contributed by atoms with Crippen molar-refractivity contribution in [2.45, 2.75) is 64.3 Å². The van der Waals surface area contributed by atoms with E-state index in [4.69, 9.17) is 0 Å². The predicted molar refractivity (Wildman–Crippen MR) is 74.4 cm³/mol. The SMILES string of the molecule is CCNC(=O)CCNC1CCC2CCCCC2C1. The highest BCUT2D eigenvalue weighted by atomic mass is 16.1. The van der Waals surface area contributed by atoms with Crippen molar-refractivity contribution < 1.29 is 4.79 Å². The first-order chi connectivity index (χ1) is 8.79. The Morgan fingerprint density at radius 2 is 1.89 bits per heavy atom. The zero-order valence-electron chi connectivity index (χ0n) is 11.7. The van der Waals surface area contributed by atoms with Crippen molar-refractivity contribution >= 4 is 5.91 Å². The molecule has 18 heavy (non-hydrogen) atoms. The largest absolute Gasteiger partial charge is 0.356 e. The van der Waals surface area contributed by atoms with E-state index >= 15 is 0 Å². The first-order valence-electron chi connectivity index (χ1n) is 7.79. The standard InChI is InChI=1S/C15H28N2O/c1-2-16-15(18)9-10-17-14-8-7-12-5-3-4-6-13(12)11-14/h12-14,17H,2-11H2,1H3,(H,16,18). The third-order valence-corrected chi connectivity index (χ3v) is 4.70. The smallest absolute Gasteiger partial charge is 0.221 e. The fourth-order valence-corrected chi connectivity index (χ4v) is 3.73. The lowest BCUT2D eigenvalue weighted by Crippen LogP contribution is -2.40. The lowest BCUT2D eigenvalue weighted by atomic mass is 9.69. The molecule has 104 valence electrons. The van der Waals surface area contributed by atoms with E-state index in [-0.39, 0.29) is 5.91 Å². The van der Waals surface area contributed by atoms with Gasteiger partial charge in [0, 0.05) is 25.6 Å². The van der Waals surface area contributed by atoms with Crippen molar-refractivity contribution in [1.29, 1.82) is 0 Å². The van der Waals surface area contributed by atoms with Gasteiger partial charge < -0.3 is 10.6 Å². The third kappa shape index (κ3) is 3.98. The maximum Gasteiger partial charge on any atom is 0.221 e. The molecule has 0 spiro atoms. The molecular weight excluding hydrogens is 224 g/mol. The molecule has 0 aliphatic heterocycles. The maximum atomic E-state index is 11.4. The molecule has 0 aromatic heterocycles. The molecule has 2 fully saturated rings. The number of hydrogen-bond acceptors (Lipinski definition) is 2. The molecule has 3 heteroatoms. The van der Waals surface area contributed by atoms with Crippen molar-refractivity contribution in [3.63, 3.8) is 0 Å². The molecule has 0 heterocycles. The number of carbonyl (C=O) groups is 1. The van der Waals surface area contributed by atoms with Gasteiger partial charge in [0.15, 0.2) is 0 Å². The van der Waals surface area contributed by atoms with E-state index in [9.17, 15) is 4.79 Å². The van der Waals surface area contributed by atoms with Gasteiger partial charge in [-0.15, -0.1) is 0 Å². The van der Waals surface area contributed by atoms with Crippen molar-refractivity contribution in [2.75, 3.05) is 13.1 Å². The van der Waals surface area contributed by atoms with E-state index in [0.29, 0.717) is 12.5 Å². The molecule has 2 aliphatic carbocycles. The van der Waals surface area contributed by atoms with Crippen LogP contribution in [0.15, 0.2) is 0 Å². The first-order valence-corrected chi connectivity index (χ1v) is 7.79. The summed E-state index contributed by atoms with van der Waals surface area (Å²) in [7, 11) is 0. The van der Waals surface area contributed by atoms with Crippen LogP contribution in [0.5, 0.6) is 0 Å². The molecular formula is C15H28N2O. The second-order valence-electron chi connectivity index (χ2n) is 5.97. The second kappa shape index (κ2) is 7.13. The zero-order chi connectivity index (χ0) is 12.8. The third-order valence-electron chi connectivity index (χ3n) is 4.70.